The Kier molecular flexibility index (Phi) is 4.96. The summed E-state index contributed by atoms with van der Waals surface area (Å²) in [6.07, 6.45) is 7.57. The number of nitrogens with one attached hydrogen (secondary N) is 1. The topological polar surface area (TPSA) is 49.3 Å². The summed E-state index contributed by atoms with van der Waals surface area (Å²) >= 11 is 1.78. The van der Waals surface area contributed by atoms with E-state index in [-0.39, 0.29) is 23.3 Å². The lowest BCUT2D eigenvalue weighted by Crippen LogP contribution is -2.56. The van der Waals surface area contributed by atoms with Crippen LogP contribution in [0.3, 0.4) is 0 Å². The number of amides is 1. The molecule has 3 nitrogen and oxygen atoms in total. The van der Waals surface area contributed by atoms with E-state index in [9.17, 15) is 9.90 Å². The van der Waals surface area contributed by atoms with Gasteiger partial charge in [0.25, 0.3) is 0 Å². The molecule has 1 saturated heterocycles. The van der Waals surface area contributed by atoms with Crippen LogP contribution in [0.25, 0.3) is 0 Å². The molecule has 0 aromatic heterocycles. The van der Waals surface area contributed by atoms with Crippen LogP contribution in [-0.4, -0.2) is 34.2 Å². The Morgan fingerprint density at radius 3 is 2.83 bits per heavy atom. The lowest BCUT2D eigenvalue weighted by Gasteiger charge is -2.40. The molecule has 1 heterocycles. The molecule has 2 N–H and O–H groups in total. The first kappa shape index (κ1) is 14.2. The fourth-order valence-corrected chi connectivity index (χ4v) is 4.45. The Morgan fingerprint density at radius 1 is 1.39 bits per heavy atom. The molecule has 1 saturated carbocycles. The highest BCUT2D eigenvalue weighted by atomic mass is 32.2. The van der Waals surface area contributed by atoms with E-state index in [1.54, 1.807) is 11.8 Å². The molecule has 4 heteroatoms. The zero-order valence-corrected chi connectivity index (χ0v) is 12.1. The van der Waals surface area contributed by atoms with Crippen molar-refractivity contribution < 1.29 is 9.90 Å². The van der Waals surface area contributed by atoms with Crippen molar-refractivity contribution in [3.8, 4) is 0 Å². The van der Waals surface area contributed by atoms with Gasteiger partial charge in [-0.3, -0.25) is 4.79 Å². The number of hydrogen-bond acceptors (Lipinski definition) is 3. The maximum atomic E-state index is 12.3. The number of aliphatic hydroxyl groups is 1. The lowest BCUT2D eigenvalue weighted by molar-refractivity contribution is -0.124. The average molecular weight is 271 g/mol. The molecule has 0 bridgehead atoms. The lowest BCUT2D eigenvalue weighted by atomic mass is 9.76. The molecule has 2 fully saturated rings. The molecule has 0 aromatic rings. The molecule has 0 aromatic carbocycles. The monoisotopic (exact) mass is 271 g/mol. The third-order valence-electron chi connectivity index (χ3n) is 4.25. The summed E-state index contributed by atoms with van der Waals surface area (Å²) in [5, 5.41) is 13.0. The summed E-state index contributed by atoms with van der Waals surface area (Å²) in [6.45, 7) is 2.30. The molecule has 1 amide bonds. The fraction of sp³-hybridized carbons (Fsp3) is 0.929. The van der Waals surface area contributed by atoms with Gasteiger partial charge in [-0.05, 0) is 37.4 Å². The molecule has 2 rings (SSSR count). The van der Waals surface area contributed by atoms with Crippen LogP contribution in [0.15, 0.2) is 0 Å². The molecule has 0 radical (unpaired) electrons. The van der Waals surface area contributed by atoms with Gasteiger partial charge in [-0.15, -0.1) is 11.8 Å². The van der Waals surface area contributed by atoms with Crippen molar-refractivity contribution in [2.24, 2.45) is 5.92 Å². The average Bonchev–Trinajstić information content (AvgIpc) is 2.39. The van der Waals surface area contributed by atoms with Crippen LogP contribution in [-0.2, 0) is 4.79 Å². The van der Waals surface area contributed by atoms with Gasteiger partial charge >= 0.3 is 0 Å². The summed E-state index contributed by atoms with van der Waals surface area (Å²) in [5.41, 5.74) is -0.341. The molecule has 2 aliphatic rings. The van der Waals surface area contributed by atoms with Crippen molar-refractivity contribution in [1.29, 1.82) is 0 Å². The fourth-order valence-electron chi connectivity index (χ4n) is 3.25. The summed E-state index contributed by atoms with van der Waals surface area (Å²) in [4.78, 5) is 12.3. The number of carbonyl (C=O) groups is 1. The predicted molar refractivity (Wildman–Crippen MR) is 75.7 cm³/mol. The van der Waals surface area contributed by atoms with Gasteiger partial charge in [0.2, 0.25) is 5.91 Å². The van der Waals surface area contributed by atoms with Crippen LogP contribution in [0.5, 0.6) is 0 Å². The Labute approximate surface area is 114 Å². The first-order chi connectivity index (χ1) is 8.65. The van der Waals surface area contributed by atoms with E-state index in [2.05, 4.69) is 12.2 Å². The summed E-state index contributed by atoms with van der Waals surface area (Å²) in [5.74, 6) is 1.86. The van der Waals surface area contributed by atoms with E-state index >= 15 is 0 Å². The Morgan fingerprint density at radius 2 is 2.22 bits per heavy atom. The van der Waals surface area contributed by atoms with Crippen molar-refractivity contribution in [3.05, 3.63) is 0 Å². The highest BCUT2D eigenvalue weighted by Crippen LogP contribution is 2.33. The first-order valence-corrected chi connectivity index (χ1v) is 8.24. The SMILES string of the molecule is CC1CCCC(CO)(NC(=O)C2CCCCS2)C1. The smallest absolute Gasteiger partial charge is 0.233 e. The molecular formula is C14H25NO2S. The third kappa shape index (κ3) is 3.41. The van der Waals surface area contributed by atoms with Gasteiger partial charge in [0, 0.05) is 0 Å². The number of aliphatic hydroxyl groups excluding tert-OH is 1. The third-order valence-corrected chi connectivity index (χ3v) is 5.63. The van der Waals surface area contributed by atoms with Crippen LogP contribution in [0.2, 0.25) is 0 Å². The van der Waals surface area contributed by atoms with Crippen LogP contribution in [0.4, 0.5) is 0 Å². The maximum absolute atomic E-state index is 12.3. The van der Waals surface area contributed by atoms with Crippen molar-refractivity contribution in [1.82, 2.24) is 5.32 Å². The van der Waals surface area contributed by atoms with Gasteiger partial charge in [-0.1, -0.05) is 26.2 Å². The molecule has 18 heavy (non-hydrogen) atoms. The second kappa shape index (κ2) is 6.29. The van der Waals surface area contributed by atoms with Crippen molar-refractivity contribution in [3.63, 3.8) is 0 Å². The van der Waals surface area contributed by atoms with Crippen LogP contribution in [0, 0.1) is 5.92 Å². The first-order valence-electron chi connectivity index (χ1n) is 7.20. The molecular weight excluding hydrogens is 246 g/mol. The van der Waals surface area contributed by atoms with E-state index in [0.29, 0.717) is 5.92 Å². The summed E-state index contributed by atoms with van der Waals surface area (Å²) in [6, 6.07) is 0. The van der Waals surface area contributed by atoms with Gasteiger partial charge in [0.05, 0.1) is 17.4 Å². The Balaban J connectivity index is 1.94. The largest absolute Gasteiger partial charge is 0.394 e. The Hall–Kier alpha value is -0.220. The zero-order chi connectivity index (χ0) is 13.0. The van der Waals surface area contributed by atoms with E-state index in [4.69, 9.17) is 0 Å². The van der Waals surface area contributed by atoms with Crippen molar-refractivity contribution in [2.75, 3.05) is 12.4 Å². The summed E-state index contributed by atoms with van der Waals surface area (Å²) < 4.78 is 0. The molecule has 1 aliphatic carbocycles. The second-order valence-corrected chi connectivity index (χ2v) is 7.30. The minimum Gasteiger partial charge on any atom is -0.394 e. The van der Waals surface area contributed by atoms with Crippen LogP contribution >= 0.6 is 11.8 Å². The quantitative estimate of drug-likeness (QED) is 0.828. The molecule has 0 spiro atoms. The maximum Gasteiger partial charge on any atom is 0.233 e. The van der Waals surface area contributed by atoms with Crippen LogP contribution in [0.1, 0.15) is 51.9 Å². The minimum absolute atomic E-state index is 0.0838. The Bertz CT molecular complexity index is 292. The normalized spacial score (nSPS) is 37.2. The standard InChI is InChI=1S/C14H25NO2S/c1-11-5-4-7-14(9-11,10-16)15-13(17)12-6-2-3-8-18-12/h11-12,16H,2-10H2,1H3,(H,15,17). The van der Waals surface area contributed by atoms with E-state index in [1.165, 1.54) is 12.8 Å². The number of carbonyl (C=O) groups excluding carboxylic acids is 1. The summed E-state index contributed by atoms with van der Waals surface area (Å²) in [7, 11) is 0. The van der Waals surface area contributed by atoms with Gasteiger partial charge in [-0.25, -0.2) is 0 Å². The second-order valence-electron chi connectivity index (χ2n) is 5.98. The van der Waals surface area contributed by atoms with Gasteiger partial charge in [0.1, 0.15) is 0 Å². The molecule has 1 aliphatic heterocycles. The number of hydrogen-bond donors (Lipinski definition) is 2. The predicted octanol–water partition coefficient (Wildman–Crippen LogP) is 2.33. The van der Waals surface area contributed by atoms with E-state index < -0.39 is 0 Å². The van der Waals surface area contributed by atoms with Crippen molar-refractivity contribution >= 4 is 17.7 Å². The van der Waals surface area contributed by atoms with Gasteiger partial charge in [0.15, 0.2) is 0 Å². The molecule has 3 atom stereocenters. The zero-order valence-electron chi connectivity index (χ0n) is 11.3. The van der Waals surface area contributed by atoms with E-state index in [0.717, 1.165) is 37.9 Å². The van der Waals surface area contributed by atoms with E-state index in [1.807, 2.05) is 0 Å². The van der Waals surface area contributed by atoms with Gasteiger partial charge < -0.3 is 10.4 Å². The van der Waals surface area contributed by atoms with Crippen molar-refractivity contribution in [2.45, 2.75) is 62.7 Å². The highest BCUT2D eigenvalue weighted by Gasteiger charge is 2.37. The number of rotatable bonds is 3. The molecule has 3 unspecified atom stereocenters. The minimum atomic E-state index is -0.341. The number of thioether (sulfide) groups is 1. The highest BCUT2D eigenvalue weighted by molar-refractivity contribution is 8.00. The molecule has 104 valence electrons. The van der Waals surface area contributed by atoms with Crippen LogP contribution < -0.4 is 5.32 Å². The van der Waals surface area contributed by atoms with Gasteiger partial charge in [-0.2, -0.15) is 0 Å².